The van der Waals surface area contributed by atoms with Crippen molar-refractivity contribution in [2.45, 2.75) is 13.5 Å². The summed E-state index contributed by atoms with van der Waals surface area (Å²) in [6, 6.07) is 8.88. The quantitative estimate of drug-likeness (QED) is 0.552. The number of benzene rings is 1. The summed E-state index contributed by atoms with van der Waals surface area (Å²) in [7, 11) is 1.25. The first-order chi connectivity index (χ1) is 12.5. The first-order valence-corrected chi connectivity index (χ1v) is 8.59. The Kier molecular flexibility index (Phi) is 3.73. The van der Waals surface area contributed by atoms with Gasteiger partial charge in [0.15, 0.2) is 0 Å². The Balaban J connectivity index is 1.94. The van der Waals surface area contributed by atoms with Crippen LogP contribution in [0.15, 0.2) is 39.9 Å². The van der Waals surface area contributed by atoms with Crippen LogP contribution in [0, 0.1) is 6.92 Å². The lowest BCUT2D eigenvalue weighted by Crippen LogP contribution is -2.27. The van der Waals surface area contributed by atoms with Crippen molar-refractivity contribution in [3.05, 3.63) is 56.7 Å². The molecule has 0 spiro atoms. The monoisotopic (exact) mass is 370 g/mol. The number of aromatic amines is 1. The van der Waals surface area contributed by atoms with Gasteiger partial charge in [-0.2, -0.15) is 4.68 Å². The van der Waals surface area contributed by atoms with E-state index in [0.29, 0.717) is 21.7 Å². The zero-order chi connectivity index (χ0) is 18.4. The van der Waals surface area contributed by atoms with Crippen molar-refractivity contribution >= 4 is 38.4 Å². The van der Waals surface area contributed by atoms with Crippen molar-refractivity contribution in [1.29, 1.82) is 0 Å². The number of fused-ring (bicyclic) bond motifs is 2. The molecule has 0 aliphatic heterocycles. The van der Waals surface area contributed by atoms with Crippen LogP contribution in [0.4, 0.5) is 0 Å². The van der Waals surface area contributed by atoms with Crippen LogP contribution in [0.3, 0.4) is 0 Å². The average Bonchev–Trinajstić information content (AvgIpc) is 3.19. The fourth-order valence-electron chi connectivity index (χ4n) is 2.89. The number of nitrogens with one attached hydrogen (secondary N) is 1. The van der Waals surface area contributed by atoms with E-state index >= 15 is 0 Å². The second-order valence-corrected chi connectivity index (χ2v) is 6.74. The van der Waals surface area contributed by atoms with E-state index in [1.54, 1.807) is 6.92 Å². The number of ether oxygens (including phenoxy) is 1. The number of esters is 1. The molecule has 1 N–H and O–H groups in total. The predicted molar refractivity (Wildman–Crippen MR) is 98.1 cm³/mol. The Bertz CT molecular complexity index is 1240. The Morgan fingerprint density at radius 2 is 2.08 bits per heavy atom. The van der Waals surface area contributed by atoms with Gasteiger partial charge in [-0.3, -0.25) is 19.5 Å². The van der Waals surface area contributed by atoms with Crippen LogP contribution in [0.25, 0.3) is 26.3 Å². The van der Waals surface area contributed by atoms with Gasteiger partial charge in [-0.15, -0.1) is 0 Å². The number of methoxy groups -OCH3 is 1. The number of pyridine rings is 1. The van der Waals surface area contributed by atoms with Gasteiger partial charge in [-0.05, 0) is 19.1 Å². The predicted octanol–water partition coefficient (Wildman–Crippen LogP) is 1.57. The van der Waals surface area contributed by atoms with Crippen molar-refractivity contribution in [2.75, 3.05) is 7.11 Å². The van der Waals surface area contributed by atoms with E-state index in [9.17, 15) is 14.4 Å². The summed E-state index contributed by atoms with van der Waals surface area (Å²) >= 11 is 1.37. The standard InChI is InChI=1S/C17H14N4O4S/c1-9-15-11(7-13(22)20(9)8-14(23)25-2)19-21(16(15)24)17-18-10-5-3-4-6-12(10)26-17/h3-7,19H,8H2,1-2H3. The second kappa shape index (κ2) is 5.95. The molecule has 0 aliphatic carbocycles. The molecule has 0 amide bonds. The summed E-state index contributed by atoms with van der Waals surface area (Å²) in [5.41, 5.74) is 0.880. The molecular weight excluding hydrogens is 356 g/mol. The molecule has 8 nitrogen and oxygen atoms in total. The molecule has 0 fully saturated rings. The number of para-hydroxylation sites is 1. The summed E-state index contributed by atoms with van der Waals surface area (Å²) in [6.07, 6.45) is 0. The summed E-state index contributed by atoms with van der Waals surface area (Å²) in [4.78, 5) is 41.2. The third-order valence-corrected chi connectivity index (χ3v) is 5.23. The number of carbonyl (C=O) groups is 1. The van der Waals surface area contributed by atoms with E-state index in [0.717, 1.165) is 10.2 Å². The van der Waals surface area contributed by atoms with Crippen LogP contribution in [0.1, 0.15) is 5.69 Å². The highest BCUT2D eigenvalue weighted by molar-refractivity contribution is 7.20. The van der Waals surface area contributed by atoms with Crippen LogP contribution in [-0.4, -0.2) is 32.4 Å². The largest absolute Gasteiger partial charge is 0.468 e. The lowest BCUT2D eigenvalue weighted by Gasteiger charge is -2.08. The Morgan fingerprint density at radius 3 is 2.81 bits per heavy atom. The van der Waals surface area contributed by atoms with Gasteiger partial charge in [0.25, 0.3) is 11.1 Å². The van der Waals surface area contributed by atoms with Gasteiger partial charge >= 0.3 is 5.97 Å². The number of rotatable bonds is 3. The molecule has 0 bridgehead atoms. The molecule has 0 aliphatic rings. The molecular formula is C17H14N4O4S. The molecule has 0 atom stereocenters. The third kappa shape index (κ3) is 2.44. The molecule has 3 aromatic heterocycles. The first-order valence-electron chi connectivity index (χ1n) is 7.77. The fourth-order valence-corrected chi connectivity index (χ4v) is 3.82. The number of hydrogen-bond donors (Lipinski definition) is 1. The Labute approximate surface area is 150 Å². The maximum absolute atomic E-state index is 12.9. The molecule has 0 unspecified atom stereocenters. The van der Waals surface area contributed by atoms with Crippen LogP contribution in [0.5, 0.6) is 0 Å². The van der Waals surface area contributed by atoms with E-state index in [1.165, 1.54) is 33.8 Å². The van der Waals surface area contributed by atoms with Crippen molar-refractivity contribution in [3.63, 3.8) is 0 Å². The van der Waals surface area contributed by atoms with E-state index < -0.39 is 11.5 Å². The molecule has 4 aromatic rings. The van der Waals surface area contributed by atoms with Crippen LogP contribution in [0.2, 0.25) is 0 Å². The summed E-state index contributed by atoms with van der Waals surface area (Å²) in [5.74, 6) is -0.559. The van der Waals surface area contributed by atoms with Crippen molar-refractivity contribution in [1.82, 2.24) is 19.3 Å². The number of H-pyrrole nitrogens is 1. The molecule has 0 saturated heterocycles. The topological polar surface area (TPSA) is 99.0 Å². The lowest BCUT2D eigenvalue weighted by molar-refractivity contribution is -0.141. The highest BCUT2D eigenvalue weighted by Gasteiger charge is 2.18. The number of thiazole rings is 1. The highest BCUT2D eigenvalue weighted by atomic mass is 32.1. The van der Waals surface area contributed by atoms with E-state index in [2.05, 4.69) is 14.8 Å². The van der Waals surface area contributed by atoms with Gasteiger partial charge in [0.2, 0.25) is 5.13 Å². The Morgan fingerprint density at radius 1 is 1.31 bits per heavy atom. The number of carbonyl (C=O) groups excluding carboxylic acids is 1. The molecule has 4 rings (SSSR count). The van der Waals surface area contributed by atoms with Crippen LogP contribution < -0.4 is 11.1 Å². The summed E-state index contributed by atoms with van der Waals surface area (Å²) < 4.78 is 8.12. The Hall–Kier alpha value is -3.20. The second-order valence-electron chi connectivity index (χ2n) is 5.74. The van der Waals surface area contributed by atoms with Gasteiger partial charge in [-0.25, -0.2) is 4.98 Å². The maximum atomic E-state index is 12.9. The average molecular weight is 370 g/mol. The molecule has 3 heterocycles. The SMILES string of the molecule is COC(=O)Cn1c(C)c2c(=O)n(-c3nc4ccccc4s3)[nH]c2cc1=O. The fraction of sp³-hybridized carbons (Fsp3) is 0.176. The van der Waals surface area contributed by atoms with Gasteiger partial charge in [0.05, 0.1) is 28.2 Å². The minimum atomic E-state index is -0.559. The number of hydrogen-bond acceptors (Lipinski definition) is 6. The van der Waals surface area contributed by atoms with Gasteiger partial charge in [0, 0.05) is 11.8 Å². The molecule has 0 saturated carbocycles. The van der Waals surface area contributed by atoms with Crippen LogP contribution in [-0.2, 0) is 16.1 Å². The van der Waals surface area contributed by atoms with E-state index in [-0.39, 0.29) is 12.1 Å². The van der Waals surface area contributed by atoms with Gasteiger partial charge < -0.3 is 9.30 Å². The summed E-state index contributed by atoms with van der Waals surface area (Å²) in [5, 5.41) is 3.77. The molecule has 0 radical (unpaired) electrons. The molecule has 1 aromatic carbocycles. The number of aryl methyl sites for hydroxylation is 1. The van der Waals surface area contributed by atoms with Crippen molar-refractivity contribution in [2.24, 2.45) is 0 Å². The van der Waals surface area contributed by atoms with E-state index in [4.69, 9.17) is 0 Å². The summed E-state index contributed by atoms with van der Waals surface area (Å²) in [6.45, 7) is 1.38. The minimum absolute atomic E-state index is 0.247. The lowest BCUT2D eigenvalue weighted by atomic mass is 10.2. The van der Waals surface area contributed by atoms with Gasteiger partial charge in [-0.1, -0.05) is 23.5 Å². The van der Waals surface area contributed by atoms with Crippen LogP contribution >= 0.6 is 11.3 Å². The first kappa shape index (κ1) is 16.3. The zero-order valence-electron chi connectivity index (χ0n) is 14.0. The van der Waals surface area contributed by atoms with Gasteiger partial charge in [0.1, 0.15) is 6.54 Å². The maximum Gasteiger partial charge on any atom is 0.325 e. The number of aromatic nitrogens is 4. The molecule has 132 valence electrons. The van der Waals surface area contributed by atoms with E-state index in [1.807, 2.05) is 24.3 Å². The smallest absolute Gasteiger partial charge is 0.325 e. The highest BCUT2D eigenvalue weighted by Crippen LogP contribution is 2.24. The number of nitrogens with zero attached hydrogens (tertiary/aromatic N) is 3. The molecule has 26 heavy (non-hydrogen) atoms. The molecule has 9 heteroatoms. The van der Waals surface area contributed by atoms with Crippen molar-refractivity contribution < 1.29 is 9.53 Å². The third-order valence-electron chi connectivity index (χ3n) is 4.21. The van der Waals surface area contributed by atoms with Crippen molar-refractivity contribution in [3.8, 4) is 5.13 Å². The minimum Gasteiger partial charge on any atom is -0.468 e. The normalized spacial score (nSPS) is 11.3. The zero-order valence-corrected chi connectivity index (χ0v) is 14.8.